The molecule has 2 aromatic carbocycles. The molecule has 2 amide bonds. The largest absolute Gasteiger partial charge is 0.360 e. The second-order valence-electron chi connectivity index (χ2n) is 8.73. The summed E-state index contributed by atoms with van der Waals surface area (Å²) in [7, 11) is 0. The highest BCUT2D eigenvalue weighted by molar-refractivity contribution is 7.80. The van der Waals surface area contributed by atoms with Crippen LogP contribution in [0.5, 0.6) is 0 Å². The number of carbonyl (C=O) groups excluding carboxylic acids is 2. The van der Waals surface area contributed by atoms with E-state index in [-0.39, 0.29) is 11.8 Å². The Kier molecular flexibility index (Phi) is 5.63. The predicted molar refractivity (Wildman–Crippen MR) is 125 cm³/mol. The molecular weight excluding hydrogens is 408 g/mol. The van der Waals surface area contributed by atoms with E-state index < -0.39 is 0 Å². The van der Waals surface area contributed by atoms with E-state index in [0.29, 0.717) is 30.3 Å². The minimum absolute atomic E-state index is 0.185. The molecule has 2 fully saturated rings. The molecule has 5 rings (SSSR count). The molecule has 0 atom stereocenters. The number of rotatable bonds is 4. The quantitative estimate of drug-likeness (QED) is 0.588. The molecular formula is C24H28N4O2S. The van der Waals surface area contributed by atoms with E-state index in [9.17, 15) is 9.59 Å². The van der Waals surface area contributed by atoms with E-state index in [4.69, 9.17) is 12.2 Å². The summed E-state index contributed by atoms with van der Waals surface area (Å²) in [5.41, 5.74) is 1.25. The zero-order chi connectivity index (χ0) is 21.4. The summed E-state index contributed by atoms with van der Waals surface area (Å²) in [5.74, 6) is -0.371. The van der Waals surface area contributed by atoms with Crippen molar-refractivity contribution in [1.82, 2.24) is 20.0 Å². The third-order valence-electron chi connectivity index (χ3n) is 6.84. The second-order valence-corrected chi connectivity index (χ2v) is 9.12. The smallest absolute Gasteiger partial charge is 0.261 e. The number of benzene rings is 2. The Morgan fingerprint density at radius 2 is 1.52 bits per heavy atom. The van der Waals surface area contributed by atoms with Crippen molar-refractivity contribution in [2.45, 2.75) is 31.7 Å². The number of thiocarbonyl (C=S) groups is 1. The lowest BCUT2D eigenvalue weighted by molar-refractivity contribution is 0.0583. The average molecular weight is 437 g/mol. The van der Waals surface area contributed by atoms with Gasteiger partial charge in [0.1, 0.15) is 0 Å². The molecule has 6 nitrogen and oxygen atoms in total. The van der Waals surface area contributed by atoms with Gasteiger partial charge in [0.05, 0.1) is 0 Å². The molecule has 162 valence electrons. The van der Waals surface area contributed by atoms with Crippen molar-refractivity contribution in [3.05, 3.63) is 47.5 Å². The van der Waals surface area contributed by atoms with Crippen LogP contribution in [0.2, 0.25) is 0 Å². The van der Waals surface area contributed by atoms with Gasteiger partial charge < -0.3 is 10.2 Å². The lowest BCUT2D eigenvalue weighted by Crippen LogP contribution is -2.54. The summed E-state index contributed by atoms with van der Waals surface area (Å²) in [4.78, 5) is 32.1. The zero-order valence-electron chi connectivity index (χ0n) is 17.7. The van der Waals surface area contributed by atoms with Crippen molar-refractivity contribution in [2.24, 2.45) is 0 Å². The molecule has 1 saturated heterocycles. The molecule has 1 aliphatic carbocycles. The summed E-state index contributed by atoms with van der Waals surface area (Å²) >= 11 is 5.61. The van der Waals surface area contributed by atoms with Gasteiger partial charge in [0, 0.05) is 61.8 Å². The Morgan fingerprint density at radius 1 is 0.903 bits per heavy atom. The number of piperazine rings is 1. The maximum absolute atomic E-state index is 13.0. The zero-order valence-corrected chi connectivity index (χ0v) is 18.5. The summed E-state index contributed by atoms with van der Waals surface area (Å²) in [6.45, 7) is 4.62. The lowest BCUT2D eigenvalue weighted by atomic mass is 9.94. The van der Waals surface area contributed by atoms with Gasteiger partial charge in [-0.3, -0.25) is 19.4 Å². The predicted octanol–water partition coefficient (Wildman–Crippen LogP) is 2.87. The molecule has 0 bridgehead atoms. The van der Waals surface area contributed by atoms with Crippen LogP contribution in [-0.4, -0.2) is 76.9 Å². The van der Waals surface area contributed by atoms with Gasteiger partial charge in [-0.1, -0.05) is 37.1 Å². The fourth-order valence-corrected chi connectivity index (χ4v) is 5.38. The number of nitrogens with one attached hydrogen (secondary N) is 1. The summed E-state index contributed by atoms with van der Waals surface area (Å²) in [5, 5.41) is 6.12. The second kappa shape index (κ2) is 8.55. The molecule has 0 radical (unpaired) electrons. The van der Waals surface area contributed by atoms with Crippen LogP contribution in [0, 0.1) is 0 Å². The van der Waals surface area contributed by atoms with Crippen molar-refractivity contribution in [3.63, 3.8) is 0 Å². The van der Waals surface area contributed by atoms with Crippen molar-refractivity contribution in [3.8, 4) is 0 Å². The van der Waals surface area contributed by atoms with Crippen LogP contribution in [0.4, 0.5) is 0 Å². The average Bonchev–Trinajstić information content (AvgIpc) is 3.30. The monoisotopic (exact) mass is 436 g/mol. The minimum Gasteiger partial charge on any atom is -0.360 e. The minimum atomic E-state index is -0.185. The van der Waals surface area contributed by atoms with Gasteiger partial charge in [0.15, 0.2) is 5.11 Å². The van der Waals surface area contributed by atoms with Gasteiger partial charge in [-0.25, -0.2) is 0 Å². The third kappa shape index (κ3) is 3.92. The number of nitrogens with zero attached hydrogens (tertiary/aromatic N) is 3. The highest BCUT2D eigenvalue weighted by atomic mass is 32.1. The Bertz CT molecular complexity index is 975. The van der Waals surface area contributed by atoms with Gasteiger partial charge in [-0.2, -0.15) is 0 Å². The van der Waals surface area contributed by atoms with Gasteiger partial charge >= 0.3 is 0 Å². The molecule has 0 unspecified atom stereocenters. The van der Waals surface area contributed by atoms with E-state index in [1.165, 1.54) is 30.6 Å². The topological polar surface area (TPSA) is 55.9 Å². The van der Waals surface area contributed by atoms with Crippen molar-refractivity contribution >= 4 is 39.9 Å². The highest BCUT2D eigenvalue weighted by Gasteiger charge is 2.33. The van der Waals surface area contributed by atoms with Crippen LogP contribution in [-0.2, 0) is 0 Å². The van der Waals surface area contributed by atoms with Crippen LogP contribution in [0.3, 0.4) is 0 Å². The molecule has 1 saturated carbocycles. The fraction of sp³-hybridized carbons (Fsp3) is 0.458. The van der Waals surface area contributed by atoms with Crippen LogP contribution in [0.1, 0.15) is 46.4 Å². The maximum Gasteiger partial charge on any atom is 0.261 e. The number of carbonyl (C=O) groups is 2. The van der Waals surface area contributed by atoms with Crippen LogP contribution >= 0.6 is 12.2 Å². The van der Waals surface area contributed by atoms with Crippen LogP contribution < -0.4 is 5.32 Å². The first-order valence-corrected chi connectivity index (χ1v) is 11.7. The summed E-state index contributed by atoms with van der Waals surface area (Å²) in [6.07, 6.45) is 5.02. The summed E-state index contributed by atoms with van der Waals surface area (Å²) < 4.78 is 0. The van der Waals surface area contributed by atoms with Crippen LogP contribution in [0.15, 0.2) is 36.4 Å². The van der Waals surface area contributed by atoms with Gasteiger partial charge in [0.25, 0.3) is 11.8 Å². The summed E-state index contributed by atoms with van der Waals surface area (Å²) in [6, 6.07) is 11.8. The Labute approximate surface area is 188 Å². The lowest BCUT2D eigenvalue weighted by Gasteiger charge is -2.37. The van der Waals surface area contributed by atoms with Crippen molar-refractivity contribution in [1.29, 1.82) is 0 Å². The molecule has 2 aromatic rings. The third-order valence-corrected chi connectivity index (χ3v) is 7.21. The molecule has 0 aromatic heterocycles. The molecule has 7 heteroatoms. The first kappa shape index (κ1) is 20.4. The SMILES string of the molecule is O=C1c2cccc3cccc(c23)C(=O)N1CCN1CCN(C(=S)NC2CCCC2)CC1. The number of hydrogen-bond donors (Lipinski definition) is 1. The van der Waals surface area contributed by atoms with Crippen molar-refractivity contribution < 1.29 is 9.59 Å². The molecule has 3 aliphatic rings. The first-order valence-electron chi connectivity index (χ1n) is 11.3. The fourth-order valence-electron chi connectivity index (χ4n) is 5.04. The number of amides is 2. The van der Waals surface area contributed by atoms with E-state index in [0.717, 1.165) is 42.1 Å². The number of hydrogen-bond acceptors (Lipinski definition) is 4. The van der Waals surface area contributed by atoms with E-state index in [1.807, 2.05) is 36.4 Å². The molecule has 0 spiro atoms. The number of imide groups is 1. The highest BCUT2D eigenvalue weighted by Crippen LogP contribution is 2.29. The van der Waals surface area contributed by atoms with E-state index in [2.05, 4.69) is 15.1 Å². The van der Waals surface area contributed by atoms with Crippen molar-refractivity contribution in [2.75, 3.05) is 39.3 Å². The van der Waals surface area contributed by atoms with Gasteiger partial charge in [-0.05, 0) is 42.6 Å². The van der Waals surface area contributed by atoms with Gasteiger partial charge in [-0.15, -0.1) is 0 Å². The molecule has 31 heavy (non-hydrogen) atoms. The Balaban J connectivity index is 1.18. The van der Waals surface area contributed by atoms with E-state index in [1.54, 1.807) is 0 Å². The van der Waals surface area contributed by atoms with E-state index >= 15 is 0 Å². The maximum atomic E-state index is 13.0. The van der Waals surface area contributed by atoms with Crippen LogP contribution in [0.25, 0.3) is 10.8 Å². The molecule has 2 heterocycles. The molecule has 2 aliphatic heterocycles. The van der Waals surface area contributed by atoms with Gasteiger partial charge in [0.2, 0.25) is 0 Å². The first-order chi connectivity index (χ1) is 15.1. The Morgan fingerprint density at radius 3 is 2.13 bits per heavy atom. The Hall–Kier alpha value is -2.51. The molecule has 1 N–H and O–H groups in total. The standard InChI is InChI=1S/C24H28N4O2S/c29-22-19-9-3-5-17-6-4-10-20(21(17)19)23(30)28(22)16-13-26-11-14-27(15-12-26)24(31)25-18-7-1-2-8-18/h3-6,9-10,18H,1-2,7-8,11-16H2,(H,25,31). The normalized spacial score (nSPS) is 20.0.